The van der Waals surface area contributed by atoms with E-state index in [9.17, 15) is 0 Å². The van der Waals surface area contributed by atoms with Crippen LogP contribution >= 0.6 is 11.9 Å². The van der Waals surface area contributed by atoms with Gasteiger partial charge in [-0.3, -0.25) is 4.90 Å². The Morgan fingerprint density at radius 2 is 1.94 bits per heavy atom. The van der Waals surface area contributed by atoms with Gasteiger partial charge in [0.05, 0.1) is 13.2 Å². The Hall–Kier alpha value is -2.09. The van der Waals surface area contributed by atoms with Gasteiger partial charge in [-0.1, -0.05) is 43.7 Å². The fraction of sp³-hybridized carbons (Fsp3) is 0.520. The van der Waals surface area contributed by atoms with Crippen molar-refractivity contribution in [3.8, 4) is 5.88 Å². The maximum absolute atomic E-state index is 6.09. The highest BCUT2D eigenvalue weighted by Crippen LogP contribution is 2.28. The first-order chi connectivity index (χ1) is 15.7. The molecule has 0 amide bonds. The third-order valence-corrected chi connectivity index (χ3v) is 5.87. The van der Waals surface area contributed by atoms with Crippen molar-refractivity contribution in [3.63, 3.8) is 0 Å². The van der Waals surface area contributed by atoms with Crippen molar-refractivity contribution in [3.05, 3.63) is 47.5 Å². The molecule has 6 nitrogen and oxygen atoms in total. The number of morpholine rings is 1. The van der Waals surface area contributed by atoms with E-state index in [1.165, 1.54) is 17.5 Å². The first kappa shape index (κ1) is 24.6. The van der Waals surface area contributed by atoms with Crippen molar-refractivity contribution in [1.82, 2.24) is 9.88 Å². The lowest BCUT2D eigenvalue weighted by molar-refractivity contribution is 0.0320. The molecule has 0 saturated carbocycles. The zero-order valence-electron chi connectivity index (χ0n) is 19.6. The molecule has 7 heteroatoms. The molecule has 0 N–H and O–H groups in total. The molecule has 2 heterocycles. The first-order valence-corrected chi connectivity index (χ1v) is 12.4. The Bertz CT molecular complexity index is 850. The molecule has 1 aliphatic rings. The lowest BCUT2D eigenvalue weighted by Gasteiger charge is -2.26. The maximum atomic E-state index is 6.09. The molecule has 1 aromatic carbocycles. The van der Waals surface area contributed by atoms with Crippen LogP contribution in [0.2, 0.25) is 0 Å². The second kappa shape index (κ2) is 13.5. The van der Waals surface area contributed by atoms with Crippen molar-refractivity contribution >= 4 is 23.8 Å². The van der Waals surface area contributed by atoms with Crippen molar-refractivity contribution in [2.75, 3.05) is 57.4 Å². The van der Waals surface area contributed by atoms with Gasteiger partial charge in [0.1, 0.15) is 11.6 Å². The van der Waals surface area contributed by atoms with Crippen LogP contribution in [-0.2, 0) is 4.74 Å². The predicted octanol–water partition coefficient (Wildman–Crippen LogP) is 4.85. The fourth-order valence-electron chi connectivity index (χ4n) is 3.68. The number of ether oxygens (including phenoxy) is 2. The Kier molecular flexibility index (Phi) is 10.3. The smallest absolute Gasteiger partial charge is 0.216 e. The number of anilines is 1. The normalized spacial score (nSPS) is 14.7. The molecule has 0 radical (unpaired) electrons. The average Bonchev–Trinajstić information content (AvgIpc) is 2.80. The molecule has 0 bridgehead atoms. The van der Waals surface area contributed by atoms with E-state index in [1.807, 2.05) is 12.3 Å². The zero-order valence-corrected chi connectivity index (χ0v) is 20.4. The molecular weight excluding hydrogens is 420 g/mol. The number of pyridine rings is 1. The minimum atomic E-state index is 0.620. The number of rotatable bonds is 12. The molecule has 1 aromatic heterocycles. The average molecular weight is 457 g/mol. The second-order valence-corrected chi connectivity index (χ2v) is 8.84. The molecule has 0 aliphatic carbocycles. The largest absolute Gasteiger partial charge is 0.476 e. The molecule has 32 heavy (non-hydrogen) atoms. The summed E-state index contributed by atoms with van der Waals surface area (Å²) in [4.78, 5) is 9.50. The summed E-state index contributed by atoms with van der Waals surface area (Å²) in [5.74, 6) is 0.668. The number of hydrogen-bond donors (Lipinski definition) is 0. The standard InChI is InChI=1S/C25H36N4O2S/c1-4-9-29(10-5-2)23-18-24(31-16-13-28-11-14-30-15-12-28)27-25(19-23)32-26-20-22-8-6-7-21(3)17-22/h6-8,17-20H,4-5,9-16H2,1-3H3. The van der Waals surface area contributed by atoms with Crippen molar-refractivity contribution in [2.45, 2.75) is 38.6 Å². The minimum Gasteiger partial charge on any atom is -0.476 e. The summed E-state index contributed by atoms with van der Waals surface area (Å²) < 4.78 is 16.1. The van der Waals surface area contributed by atoms with Crippen LogP contribution in [0.15, 0.2) is 45.8 Å². The van der Waals surface area contributed by atoms with Gasteiger partial charge in [0.25, 0.3) is 0 Å². The lowest BCUT2D eigenvalue weighted by atomic mass is 10.2. The maximum Gasteiger partial charge on any atom is 0.216 e. The molecule has 1 aliphatic heterocycles. The van der Waals surface area contributed by atoms with Gasteiger partial charge in [-0.15, -0.1) is 0 Å². The van der Waals surface area contributed by atoms with E-state index in [4.69, 9.17) is 14.5 Å². The Balaban J connectivity index is 1.71. The van der Waals surface area contributed by atoms with Gasteiger partial charge < -0.3 is 14.4 Å². The minimum absolute atomic E-state index is 0.620. The lowest BCUT2D eigenvalue weighted by Crippen LogP contribution is -2.38. The van der Waals surface area contributed by atoms with E-state index in [0.717, 1.165) is 75.1 Å². The number of hydrogen-bond acceptors (Lipinski definition) is 7. The Morgan fingerprint density at radius 1 is 1.16 bits per heavy atom. The highest BCUT2D eigenvalue weighted by atomic mass is 32.2. The summed E-state index contributed by atoms with van der Waals surface area (Å²) >= 11 is 1.39. The van der Waals surface area contributed by atoms with Crippen LogP contribution in [0.4, 0.5) is 5.69 Å². The molecule has 2 aromatic rings. The number of benzene rings is 1. The Morgan fingerprint density at radius 3 is 2.66 bits per heavy atom. The summed E-state index contributed by atoms with van der Waals surface area (Å²) in [7, 11) is 0. The molecular formula is C25H36N4O2S. The van der Waals surface area contributed by atoms with Crippen LogP contribution in [-0.4, -0.2) is 68.6 Å². The van der Waals surface area contributed by atoms with Crippen LogP contribution in [0, 0.1) is 6.92 Å². The van der Waals surface area contributed by atoms with Crippen molar-refractivity contribution in [2.24, 2.45) is 4.40 Å². The fourth-order valence-corrected chi connectivity index (χ4v) is 4.26. The van der Waals surface area contributed by atoms with E-state index >= 15 is 0 Å². The van der Waals surface area contributed by atoms with Gasteiger partial charge >= 0.3 is 0 Å². The van der Waals surface area contributed by atoms with E-state index in [1.54, 1.807) is 0 Å². The molecule has 0 atom stereocenters. The quantitative estimate of drug-likeness (QED) is 0.336. The van der Waals surface area contributed by atoms with Crippen LogP contribution in [0.1, 0.15) is 37.8 Å². The summed E-state index contributed by atoms with van der Waals surface area (Å²) in [6.45, 7) is 13.6. The van der Waals surface area contributed by atoms with Gasteiger partial charge in [-0.2, -0.15) is 0 Å². The van der Waals surface area contributed by atoms with E-state index in [2.05, 4.69) is 65.3 Å². The van der Waals surface area contributed by atoms with Gasteiger partial charge in [-0.05, 0) is 31.4 Å². The summed E-state index contributed by atoms with van der Waals surface area (Å²) in [5, 5.41) is 0.852. The van der Waals surface area contributed by atoms with E-state index < -0.39 is 0 Å². The number of aryl methyl sites for hydroxylation is 1. The summed E-state index contributed by atoms with van der Waals surface area (Å²) in [6.07, 6.45) is 4.09. The van der Waals surface area contributed by atoms with E-state index in [-0.39, 0.29) is 0 Å². The molecule has 1 fully saturated rings. The van der Waals surface area contributed by atoms with Crippen LogP contribution in [0.5, 0.6) is 5.88 Å². The van der Waals surface area contributed by atoms with E-state index in [0.29, 0.717) is 12.5 Å². The number of aromatic nitrogens is 1. The molecule has 0 unspecified atom stereocenters. The highest BCUT2D eigenvalue weighted by molar-refractivity contribution is 7.98. The number of nitrogens with zero attached hydrogens (tertiary/aromatic N) is 4. The van der Waals surface area contributed by atoms with Gasteiger partial charge in [0.2, 0.25) is 5.88 Å². The summed E-state index contributed by atoms with van der Waals surface area (Å²) in [6, 6.07) is 12.5. The zero-order chi connectivity index (χ0) is 22.6. The van der Waals surface area contributed by atoms with Crippen LogP contribution in [0.25, 0.3) is 0 Å². The Labute approximate surface area is 197 Å². The highest BCUT2D eigenvalue weighted by Gasteiger charge is 2.13. The van der Waals surface area contributed by atoms with Gasteiger partial charge in [-0.25, -0.2) is 9.38 Å². The van der Waals surface area contributed by atoms with Crippen molar-refractivity contribution in [1.29, 1.82) is 0 Å². The van der Waals surface area contributed by atoms with Gasteiger partial charge in [0.15, 0.2) is 0 Å². The molecule has 1 saturated heterocycles. The SMILES string of the molecule is CCCN(CCC)c1cc(OCCN2CCOCC2)nc(SN=Cc2cccc(C)c2)c1. The summed E-state index contributed by atoms with van der Waals surface area (Å²) in [5.41, 5.74) is 3.47. The first-order valence-electron chi connectivity index (χ1n) is 11.6. The third kappa shape index (κ3) is 8.11. The van der Waals surface area contributed by atoms with Crippen LogP contribution in [0.3, 0.4) is 0 Å². The molecule has 3 rings (SSSR count). The predicted molar refractivity (Wildman–Crippen MR) is 134 cm³/mol. The molecule has 174 valence electrons. The topological polar surface area (TPSA) is 50.2 Å². The molecule has 0 spiro atoms. The monoisotopic (exact) mass is 456 g/mol. The van der Waals surface area contributed by atoms with Crippen LogP contribution < -0.4 is 9.64 Å². The second-order valence-electron chi connectivity index (χ2n) is 8.03. The van der Waals surface area contributed by atoms with Crippen molar-refractivity contribution < 1.29 is 9.47 Å². The van der Waals surface area contributed by atoms with Gasteiger partial charge in [0, 0.05) is 62.6 Å². The third-order valence-electron chi connectivity index (χ3n) is 5.27.